The molecule has 23 heavy (non-hydrogen) atoms. The number of H-pyrrole nitrogens is 1. The molecule has 0 spiro atoms. The van der Waals surface area contributed by atoms with Crippen molar-refractivity contribution in [1.82, 2.24) is 20.6 Å². The second-order valence-electron chi connectivity index (χ2n) is 4.80. The summed E-state index contributed by atoms with van der Waals surface area (Å²) in [6.45, 7) is 1.75. The quantitative estimate of drug-likeness (QED) is 0.500. The van der Waals surface area contributed by atoms with E-state index >= 15 is 0 Å². The lowest BCUT2D eigenvalue weighted by Crippen LogP contribution is -2.18. The van der Waals surface area contributed by atoms with Crippen LogP contribution in [-0.4, -0.2) is 41.4 Å². The molecule has 9 heteroatoms. The summed E-state index contributed by atoms with van der Waals surface area (Å²) in [5, 5.41) is 20.4. The van der Waals surface area contributed by atoms with Crippen molar-refractivity contribution in [2.24, 2.45) is 15.4 Å². The molecule has 0 fully saturated rings. The predicted octanol–water partition coefficient (Wildman–Crippen LogP) is 2.70. The Bertz CT molecular complexity index is 751. The Kier molecular flexibility index (Phi) is 5.42. The molecule has 0 unspecified atom stereocenters. The summed E-state index contributed by atoms with van der Waals surface area (Å²) >= 11 is 6.00. The van der Waals surface area contributed by atoms with E-state index in [9.17, 15) is 4.79 Å². The lowest BCUT2D eigenvalue weighted by atomic mass is 10.2. The Labute approximate surface area is 138 Å². The molecule has 0 radical (unpaired) electrons. The molecule has 0 aliphatic carbocycles. The van der Waals surface area contributed by atoms with Gasteiger partial charge in [0.15, 0.2) is 5.69 Å². The van der Waals surface area contributed by atoms with Gasteiger partial charge in [0, 0.05) is 24.7 Å². The molecule has 0 aliphatic rings. The number of rotatable bonds is 5. The molecule has 0 saturated heterocycles. The summed E-state index contributed by atoms with van der Waals surface area (Å²) < 4.78 is 0. The SMILES string of the molecule is Cc1[nH]nc(C(=O)N/N=C\c2ccccc2Cl)c1N=NN(C)C. The van der Waals surface area contributed by atoms with Gasteiger partial charge in [-0.2, -0.15) is 10.2 Å². The number of aromatic amines is 1. The van der Waals surface area contributed by atoms with Gasteiger partial charge in [0.2, 0.25) is 0 Å². The lowest BCUT2D eigenvalue weighted by molar-refractivity contribution is 0.0950. The van der Waals surface area contributed by atoms with Gasteiger partial charge in [0.1, 0.15) is 5.69 Å². The van der Waals surface area contributed by atoms with Gasteiger partial charge in [-0.3, -0.25) is 14.9 Å². The maximum absolute atomic E-state index is 12.1. The van der Waals surface area contributed by atoms with E-state index in [0.29, 0.717) is 22.0 Å². The van der Waals surface area contributed by atoms with Crippen molar-refractivity contribution in [3.63, 3.8) is 0 Å². The van der Waals surface area contributed by atoms with Gasteiger partial charge in [-0.15, -0.1) is 5.11 Å². The smallest absolute Gasteiger partial charge is 0.285 e. The molecule has 1 heterocycles. The van der Waals surface area contributed by atoms with Gasteiger partial charge in [0.05, 0.1) is 11.9 Å². The largest absolute Gasteiger partial charge is 0.294 e. The van der Waals surface area contributed by atoms with E-state index in [1.54, 1.807) is 33.2 Å². The first-order chi connectivity index (χ1) is 11.0. The van der Waals surface area contributed by atoms with Crippen LogP contribution in [0.1, 0.15) is 21.7 Å². The van der Waals surface area contributed by atoms with Gasteiger partial charge in [-0.1, -0.05) is 35.0 Å². The minimum atomic E-state index is -0.495. The number of hydrazone groups is 1. The fourth-order valence-electron chi connectivity index (χ4n) is 1.63. The van der Waals surface area contributed by atoms with E-state index in [1.807, 2.05) is 12.1 Å². The standard InChI is InChI=1S/C14H16ClN7O/c1-9-12(19-21-22(2)3)13(18-17-9)14(23)20-16-8-10-6-4-5-7-11(10)15/h4-8H,1-3H3,(H,17,18)(H,20,23)/b16-8-,21-19?. The highest BCUT2D eigenvalue weighted by atomic mass is 35.5. The summed E-state index contributed by atoms with van der Waals surface area (Å²) in [7, 11) is 3.46. The topological polar surface area (TPSA) is 98.1 Å². The maximum atomic E-state index is 12.1. The average molecular weight is 334 g/mol. The molecule has 2 N–H and O–H groups in total. The second-order valence-corrected chi connectivity index (χ2v) is 5.21. The third-order valence-corrected chi connectivity index (χ3v) is 3.07. The molecule has 2 rings (SSSR count). The van der Waals surface area contributed by atoms with Gasteiger partial charge in [-0.25, -0.2) is 5.43 Å². The first-order valence-corrected chi connectivity index (χ1v) is 7.08. The predicted molar refractivity (Wildman–Crippen MR) is 88.0 cm³/mol. The van der Waals surface area contributed by atoms with Crippen LogP contribution in [0, 0.1) is 6.92 Å². The number of hydrogen-bond donors (Lipinski definition) is 2. The molecule has 0 saturated carbocycles. The zero-order chi connectivity index (χ0) is 16.8. The van der Waals surface area contributed by atoms with Crippen LogP contribution >= 0.6 is 11.6 Å². The van der Waals surface area contributed by atoms with Crippen LogP contribution in [0.2, 0.25) is 5.02 Å². The average Bonchev–Trinajstić information content (AvgIpc) is 2.88. The Hall–Kier alpha value is -2.74. The molecule has 2 aromatic rings. The van der Waals surface area contributed by atoms with Crippen molar-refractivity contribution in [2.45, 2.75) is 6.92 Å². The highest BCUT2D eigenvalue weighted by molar-refractivity contribution is 6.33. The lowest BCUT2D eigenvalue weighted by Gasteiger charge is -2.01. The molecule has 0 bridgehead atoms. The van der Waals surface area contributed by atoms with Crippen molar-refractivity contribution < 1.29 is 4.79 Å². The number of aromatic nitrogens is 2. The Balaban J connectivity index is 2.11. The number of aryl methyl sites for hydroxylation is 1. The number of nitrogens with zero attached hydrogens (tertiary/aromatic N) is 5. The fraction of sp³-hybridized carbons (Fsp3) is 0.214. The highest BCUT2D eigenvalue weighted by Crippen LogP contribution is 2.21. The molecule has 0 atom stereocenters. The number of benzene rings is 1. The summed E-state index contributed by atoms with van der Waals surface area (Å²) in [4.78, 5) is 12.1. The molecular weight excluding hydrogens is 318 g/mol. The molecule has 120 valence electrons. The molecule has 8 nitrogen and oxygen atoms in total. The van der Waals surface area contributed by atoms with Crippen LogP contribution in [0.15, 0.2) is 39.7 Å². The third-order valence-electron chi connectivity index (χ3n) is 2.73. The Morgan fingerprint density at radius 3 is 2.83 bits per heavy atom. The molecule has 1 aromatic carbocycles. The van der Waals surface area contributed by atoms with E-state index in [2.05, 4.69) is 31.1 Å². The van der Waals surface area contributed by atoms with Gasteiger partial charge in [0.25, 0.3) is 5.91 Å². The normalized spacial score (nSPS) is 11.3. The van der Waals surface area contributed by atoms with Crippen LogP contribution in [-0.2, 0) is 0 Å². The van der Waals surface area contributed by atoms with Crippen LogP contribution in [0.25, 0.3) is 0 Å². The molecule has 1 amide bonds. The molecule has 0 aliphatic heterocycles. The zero-order valence-electron chi connectivity index (χ0n) is 12.9. The number of carbonyl (C=O) groups excluding carboxylic acids is 1. The van der Waals surface area contributed by atoms with E-state index in [-0.39, 0.29) is 5.69 Å². The monoisotopic (exact) mass is 333 g/mol. The zero-order valence-corrected chi connectivity index (χ0v) is 13.7. The van der Waals surface area contributed by atoms with Crippen LogP contribution < -0.4 is 5.43 Å². The van der Waals surface area contributed by atoms with E-state index < -0.39 is 5.91 Å². The number of hydrogen-bond acceptors (Lipinski definition) is 5. The van der Waals surface area contributed by atoms with Crippen molar-refractivity contribution in [2.75, 3.05) is 14.1 Å². The number of amides is 1. The number of halogens is 1. The fourth-order valence-corrected chi connectivity index (χ4v) is 1.82. The van der Waals surface area contributed by atoms with Crippen LogP contribution in [0.4, 0.5) is 5.69 Å². The highest BCUT2D eigenvalue weighted by Gasteiger charge is 2.17. The summed E-state index contributed by atoms with van der Waals surface area (Å²) in [6, 6.07) is 7.16. The second kappa shape index (κ2) is 7.50. The Morgan fingerprint density at radius 2 is 2.13 bits per heavy atom. The van der Waals surface area contributed by atoms with Crippen molar-refractivity contribution in [1.29, 1.82) is 0 Å². The van der Waals surface area contributed by atoms with Gasteiger partial charge < -0.3 is 0 Å². The van der Waals surface area contributed by atoms with E-state index in [0.717, 1.165) is 0 Å². The number of nitrogens with one attached hydrogen (secondary N) is 2. The van der Waals surface area contributed by atoms with E-state index in [1.165, 1.54) is 11.2 Å². The number of carbonyl (C=O) groups is 1. The molecular formula is C14H16ClN7O. The summed E-state index contributed by atoms with van der Waals surface area (Å²) in [5.41, 5.74) is 4.20. The minimum absolute atomic E-state index is 0.115. The van der Waals surface area contributed by atoms with Gasteiger partial charge in [-0.05, 0) is 13.0 Å². The summed E-state index contributed by atoms with van der Waals surface area (Å²) in [6.07, 6.45) is 1.46. The minimum Gasteiger partial charge on any atom is -0.285 e. The van der Waals surface area contributed by atoms with Crippen molar-refractivity contribution >= 4 is 29.4 Å². The van der Waals surface area contributed by atoms with Crippen molar-refractivity contribution in [3.05, 3.63) is 46.2 Å². The maximum Gasteiger partial charge on any atom is 0.294 e. The van der Waals surface area contributed by atoms with E-state index in [4.69, 9.17) is 11.6 Å². The summed E-state index contributed by atoms with van der Waals surface area (Å²) in [5.74, 6) is -0.495. The molecule has 1 aromatic heterocycles. The van der Waals surface area contributed by atoms with Gasteiger partial charge >= 0.3 is 0 Å². The van der Waals surface area contributed by atoms with Crippen LogP contribution in [0.5, 0.6) is 0 Å². The first-order valence-electron chi connectivity index (χ1n) is 6.71. The van der Waals surface area contributed by atoms with Crippen LogP contribution in [0.3, 0.4) is 0 Å². The van der Waals surface area contributed by atoms with Crippen molar-refractivity contribution in [3.8, 4) is 0 Å². The Morgan fingerprint density at radius 1 is 1.39 bits per heavy atom. The third kappa shape index (κ3) is 4.36. The first kappa shape index (κ1) is 16.6.